The quantitative estimate of drug-likeness (QED) is 0.633. The molecule has 1 heteroatoms. The molecular weight excluding hydrogens is 158 g/mol. The lowest BCUT2D eigenvalue weighted by Crippen LogP contribution is -2.47. The Labute approximate surface area is 82.5 Å². The maximum Gasteiger partial charge on any atom is 0.00953 e. The maximum absolute atomic E-state index is 2.75. The van der Waals surface area contributed by atoms with E-state index in [1.165, 1.54) is 45.2 Å². The van der Waals surface area contributed by atoms with E-state index in [1.54, 1.807) is 0 Å². The van der Waals surface area contributed by atoms with Gasteiger partial charge in [0.25, 0.3) is 0 Å². The SMILES string of the molecule is CC[C@H]1CCN(C2CCC2)C[C@H]1C. The molecule has 1 aliphatic heterocycles. The standard InChI is InChI=1S/C12H23N/c1-3-11-7-8-13(9-10(11)2)12-5-4-6-12/h10-12H,3-9H2,1-2H3/t10-,11+/m1/s1. The average Bonchev–Trinajstić information content (AvgIpc) is 2.01. The molecule has 13 heavy (non-hydrogen) atoms. The molecule has 0 aromatic carbocycles. The smallest absolute Gasteiger partial charge is 0.00953 e. The molecule has 1 nitrogen and oxygen atoms in total. The van der Waals surface area contributed by atoms with Crippen LogP contribution in [0.1, 0.15) is 46.0 Å². The zero-order valence-corrected chi connectivity index (χ0v) is 9.13. The van der Waals surface area contributed by atoms with Crippen LogP contribution >= 0.6 is 0 Å². The lowest BCUT2D eigenvalue weighted by Gasteiger charge is -2.44. The van der Waals surface area contributed by atoms with Crippen molar-refractivity contribution in [2.24, 2.45) is 11.8 Å². The molecule has 2 aliphatic rings. The second-order valence-electron chi connectivity index (χ2n) is 5.01. The Balaban J connectivity index is 1.83. The van der Waals surface area contributed by atoms with Gasteiger partial charge in [0.15, 0.2) is 0 Å². The van der Waals surface area contributed by atoms with Crippen LogP contribution in [0, 0.1) is 11.8 Å². The van der Waals surface area contributed by atoms with Gasteiger partial charge in [-0.25, -0.2) is 0 Å². The van der Waals surface area contributed by atoms with E-state index in [4.69, 9.17) is 0 Å². The van der Waals surface area contributed by atoms with Crippen LogP contribution in [0.5, 0.6) is 0 Å². The first kappa shape index (κ1) is 9.51. The first-order valence-corrected chi connectivity index (χ1v) is 6.05. The lowest BCUT2D eigenvalue weighted by molar-refractivity contribution is 0.0521. The number of piperidine rings is 1. The molecule has 76 valence electrons. The van der Waals surface area contributed by atoms with Gasteiger partial charge in [-0.1, -0.05) is 26.7 Å². The fourth-order valence-electron chi connectivity index (χ4n) is 2.92. The zero-order valence-electron chi connectivity index (χ0n) is 9.13. The summed E-state index contributed by atoms with van der Waals surface area (Å²) in [6.07, 6.45) is 7.27. The van der Waals surface area contributed by atoms with Crippen LogP contribution in [0.3, 0.4) is 0 Å². The minimum Gasteiger partial charge on any atom is -0.300 e. The van der Waals surface area contributed by atoms with E-state index in [0.29, 0.717) is 0 Å². The van der Waals surface area contributed by atoms with Crippen molar-refractivity contribution in [1.29, 1.82) is 0 Å². The third-order valence-electron chi connectivity index (χ3n) is 4.23. The molecule has 1 saturated heterocycles. The van der Waals surface area contributed by atoms with E-state index in [-0.39, 0.29) is 0 Å². The van der Waals surface area contributed by atoms with Gasteiger partial charge in [-0.15, -0.1) is 0 Å². The first-order valence-electron chi connectivity index (χ1n) is 6.05. The van der Waals surface area contributed by atoms with Crippen LogP contribution in [-0.2, 0) is 0 Å². The Bertz CT molecular complexity index is 163. The summed E-state index contributed by atoms with van der Waals surface area (Å²) in [4.78, 5) is 2.75. The summed E-state index contributed by atoms with van der Waals surface area (Å²) in [6, 6.07) is 0.972. The van der Waals surface area contributed by atoms with E-state index in [1.807, 2.05) is 0 Å². The molecule has 0 amide bonds. The van der Waals surface area contributed by atoms with Crippen molar-refractivity contribution in [2.75, 3.05) is 13.1 Å². The average molecular weight is 181 g/mol. The van der Waals surface area contributed by atoms with Crippen LogP contribution in [0.4, 0.5) is 0 Å². The summed E-state index contributed by atoms with van der Waals surface area (Å²) in [5.74, 6) is 1.95. The lowest BCUT2D eigenvalue weighted by atomic mass is 9.82. The molecule has 0 N–H and O–H groups in total. The van der Waals surface area contributed by atoms with Crippen molar-refractivity contribution in [3.05, 3.63) is 0 Å². The molecule has 1 heterocycles. The summed E-state index contributed by atoms with van der Waals surface area (Å²) >= 11 is 0. The summed E-state index contributed by atoms with van der Waals surface area (Å²) in [5, 5.41) is 0. The van der Waals surface area contributed by atoms with E-state index >= 15 is 0 Å². The van der Waals surface area contributed by atoms with E-state index < -0.39 is 0 Å². The molecule has 0 radical (unpaired) electrons. The summed E-state index contributed by atoms with van der Waals surface area (Å²) in [6.45, 7) is 7.55. The summed E-state index contributed by atoms with van der Waals surface area (Å²) < 4.78 is 0. The monoisotopic (exact) mass is 181 g/mol. The molecular formula is C12H23N. The van der Waals surface area contributed by atoms with Gasteiger partial charge in [0.05, 0.1) is 0 Å². The number of rotatable bonds is 2. The third kappa shape index (κ3) is 1.90. The third-order valence-corrected chi connectivity index (χ3v) is 4.23. The molecule has 0 unspecified atom stereocenters. The van der Waals surface area contributed by atoms with Crippen LogP contribution in [0.2, 0.25) is 0 Å². The highest BCUT2D eigenvalue weighted by molar-refractivity contribution is 4.85. The molecule has 2 rings (SSSR count). The van der Waals surface area contributed by atoms with Crippen molar-refractivity contribution >= 4 is 0 Å². The van der Waals surface area contributed by atoms with Gasteiger partial charge in [-0.2, -0.15) is 0 Å². The second-order valence-corrected chi connectivity index (χ2v) is 5.01. The van der Waals surface area contributed by atoms with E-state index in [2.05, 4.69) is 18.7 Å². The fourth-order valence-corrected chi connectivity index (χ4v) is 2.92. The number of hydrogen-bond donors (Lipinski definition) is 0. The molecule has 0 bridgehead atoms. The Hall–Kier alpha value is -0.0400. The summed E-state index contributed by atoms with van der Waals surface area (Å²) in [7, 11) is 0. The first-order chi connectivity index (χ1) is 6.31. The Morgan fingerprint density at radius 3 is 2.46 bits per heavy atom. The van der Waals surface area contributed by atoms with Crippen LogP contribution < -0.4 is 0 Å². The zero-order chi connectivity index (χ0) is 9.26. The van der Waals surface area contributed by atoms with Crippen molar-refractivity contribution in [2.45, 2.75) is 52.0 Å². The topological polar surface area (TPSA) is 3.24 Å². The van der Waals surface area contributed by atoms with Crippen molar-refractivity contribution in [3.8, 4) is 0 Å². The molecule has 0 spiro atoms. The highest BCUT2D eigenvalue weighted by Crippen LogP contribution is 2.32. The Morgan fingerprint density at radius 1 is 1.23 bits per heavy atom. The van der Waals surface area contributed by atoms with Crippen molar-refractivity contribution in [1.82, 2.24) is 4.90 Å². The van der Waals surface area contributed by atoms with Crippen LogP contribution in [0.15, 0.2) is 0 Å². The van der Waals surface area contributed by atoms with E-state index in [0.717, 1.165) is 17.9 Å². The molecule has 1 saturated carbocycles. The Kier molecular flexibility index (Phi) is 2.92. The highest BCUT2D eigenvalue weighted by atomic mass is 15.2. The van der Waals surface area contributed by atoms with Gasteiger partial charge in [0.1, 0.15) is 0 Å². The number of nitrogens with zero attached hydrogens (tertiary/aromatic N) is 1. The fraction of sp³-hybridized carbons (Fsp3) is 1.00. The highest BCUT2D eigenvalue weighted by Gasteiger charge is 2.31. The van der Waals surface area contributed by atoms with Crippen molar-refractivity contribution < 1.29 is 0 Å². The largest absolute Gasteiger partial charge is 0.300 e. The number of likely N-dealkylation sites (tertiary alicyclic amines) is 1. The van der Waals surface area contributed by atoms with Crippen LogP contribution in [-0.4, -0.2) is 24.0 Å². The van der Waals surface area contributed by atoms with Crippen LogP contribution in [0.25, 0.3) is 0 Å². The molecule has 2 fully saturated rings. The minimum absolute atomic E-state index is 0.944. The number of hydrogen-bond acceptors (Lipinski definition) is 1. The molecule has 0 aromatic heterocycles. The van der Waals surface area contributed by atoms with Gasteiger partial charge in [-0.3, -0.25) is 0 Å². The summed E-state index contributed by atoms with van der Waals surface area (Å²) in [5.41, 5.74) is 0. The Morgan fingerprint density at radius 2 is 2.00 bits per heavy atom. The second kappa shape index (κ2) is 4.00. The van der Waals surface area contributed by atoms with Gasteiger partial charge in [0, 0.05) is 12.6 Å². The molecule has 1 aliphatic carbocycles. The van der Waals surface area contributed by atoms with Gasteiger partial charge >= 0.3 is 0 Å². The van der Waals surface area contributed by atoms with Gasteiger partial charge < -0.3 is 4.90 Å². The maximum atomic E-state index is 2.75. The normalized spacial score (nSPS) is 37.4. The predicted octanol–water partition coefficient (Wildman–Crippen LogP) is 2.91. The van der Waals surface area contributed by atoms with Gasteiger partial charge in [0.2, 0.25) is 0 Å². The van der Waals surface area contributed by atoms with Gasteiger partial charge in [-0.05, 0) is 37.6 Å². The minimum atomic E-state index is 0.944. The molecule has 2 atom stereocenters. The van der Waals surface area contributed by atoms with Crippen molar-refractivity contribution in [3.63, 3.8) is 0 Å². The molecule has 0 aromatic rings. The predicted molar refractivity (Wildman–Crippen MR) is 56.8 cm³/mol. The van der Waals surface area contributed by atoms with E-state index in [9.17, 15) is 0 Å².